The molecule has 308 valence electrons. The molecule has 1 unspecified atom stereocenters. The van der Waals surface area contributed by atoms with Crippen LogP contribution in [0, 0.1) is 0 Å². The molecule has 52 heavy (non-hydrogen) atoms. The third-order valence-electron chi connectivity index (χ3n) is 9.40. The van der Waals surface area contributed by atoms with Gasteiger partial charge in [0.25, 0.3) is 0 Å². The topological polar surface area (TPSA) is 134 Å². The Balaban J connectivity index is 4.08. The van der Waals surface area contributed by atoms with Crippen LogP contribution in [0.15, 0.2) is 12.2 Å². The van der Waals surface area contributed by atoms with E-state index in [2.05, 4.69) is 26.0 Å². The molecule has 0 amide bonds. The van der Waals surface area contributed by atoms with E-state index in [1.807, 2.05) is 0 Å². The molecule has 0 aliphatic rings. The minimum absolute atomic E-state index is 0.0560. The van der Waals surface area contributed by atoms with Gasteiger partial charge in [0.2, 0.25) is 0 Å². The average molecular weight is 760 g/mol. The average Bonchev–Trinajstić information content (AvgIpc) is 3.13. The van der Waals surface area contributed by atoms with E-state index in [9.17, 15) is 19.0 Å². The Bertz CT molecular complexity index is 871. The van der Waals surface area contributed by atoms with E-state index in [1.165, 1.54) is 148 Å². The smallest absolute Gasteiger partial charge is 0.462 e. The maximum Gasteiger partial charge on any atom is 0.472 e. The Morgan fingerprint density at radius 2 is 0.942 bits per heavy atom. The monoisotopic (exact) mass is 760 g/mol. The first-order chi connectivity index (χ1) is 25.3. The SMILES string of the molecule is CCCCCCCCC=CCCCCCCCCCCCC(=O)OC[C@H](COP(=O)(O)OCCN)OC(=O)CCCCCCCCCCCCCC. The number of esters is 2. The highest BCUT2D eigenvalue weighted by atomic mass is 31.2. The van der Waals surface area contributed by atoms with E-state index in [1.54, 1.807) is 0 Å². The summed E-state index contributed by atoms with van der Waals surface area (Å²) in [7, 11) is -4.37. The largest absolute Gasteiger partial charge is 0.472 e. The molecule has 0 aromatic rings. The van der Waals surface area contributed by atoms with Crippen LogP contribution < -0.4 is 5.73 Å². The predicted octanol–water partition coefficient (Wildman–Crippen LogP) is 12.2. The van der Waals surface area contributed by atoms with E-state index >= 15 is 0 Å². The lowest BCUT2D eigenvalue weighted by molar-refractivity contribution is -0.161. The Morgan fingerprint density at radius 1 is 0.558 bits per heavy atom. The molecule has 3 N–H and O–H groups in total. The van der Waals surface area contributed by atoms with Crippen LogP contribution in [0.4, 0.5) is 0 Å². The Hall–Kier alpha value is -1.25. The fourth-order valence-electron chi connectivity index (χ4n) is 6.16. The highest BCUT2D eigenvalue weighted by molar-refractivity contribution is 7.47. The molecule has 0 saturated heterocycles. The summed E-state index contributed by atoms with van der Waals surface area (Å²) < 4.78 is 32.7. The number of allylic oxidation sites excluding steroid dienone is 2. The molecular formula is C42H82NO8P. The molecule has 2 atom stereocenters. The van der Waals surface area contributed by atoms with Crippen molar-refractivity contribution in [1.82, 2.24) is 0 Å². The van der Waals surface area contributed by atoms with Crippen LogP contribution in [0.2, 0.25) is 0 Å². The van der Waals surface area contributed by atoms with Crippen molar-refractivity contribution in [2.24, 2.45) is 5.73 Å². The van der Waals surface area contributed by atoms with Gasteiger partial charge in [-0.3, -0.25) is 18.6 Å². The molecule has 0 saturated carbocycles. The number of carbonyl (C=O) groups is 2. The van der Waals surface area contributed by atoms with Gasteiger partial charge in [0.15, 0.2) is 6.10 Å². The summed E-state index contributed by atoms with van der Waals surface area (Å²) in [4.78, 5) is 34.8. The molecule has 9 nitrogen and oxygen atoms in total. The highest BCUT2D eigenvalue weighted by Crippen LogP contribution is 2.43. The molecule has 0 aliphatic carbocycles. The normalized spacial score (nSPS) is 13.4. The van der Waals surface area contributed by atoms with Crippen LogP contribution in [0.3, 0.4) is 0 Å². The van der Waals surface area contributed by atoms with Gasteiger partial charge in [0.1, 0.15) is 6.61 Å². The summed E-state index contributed by atoms with van der Waals surface area (Å²) >= 11 is 0. The first kappa shape index (κ1) is 50.8. The molecule has 0 heterocycles. The van der Waals surface area contributed by atoms with Crippen LogP contribution in [0.25, 0.3) is 0 Å². The highest BCUT2D eigenvalue weighted by Gasteiger charge is 2.26. The van der Waals surface area contributed by atoms with Crippen molar-refractivity contribution >= 4 is 19.8 Å². The van der Waals surface area contributed by atoms with E-state index in [0.29, 0.717) is 6.42 Å². The Labute approximate surface area is 319 Å². The number of nitrogens with two attached hydrogens (primary N) is 1. The molecule has 0 bridgehead atoms. The predicted molar refractivity (Wildman–Crippen MR) is 215 cm³/mol. The lowest BCUT2D eigenvalue weighted by Gasteiger charge is -2.19. The van der Waals surface area contributed by atoms with Gasteiger partial charge in [-0.2, -0.15) is 0 Å². The van der Waals surface area contributed by atoms with Gasteiger partial charge in [-0.15, -0.1) is 0 Å². The maximum atomic E-state index is 12.5. The molecule has 0 aromatic heterocycles. The minimum Gasteiger partial charge on any atom is -0.462 e. The standard InChI is InChI=1S/C42H82NO8P/c1-3-5-7-9-11-13-15-17-18-19-20-21-22-23-25-26-28-30-32-34-41(44)48-38-40(39-50-52(46,47)49-37-36-43)51-42(45)35-33-31-29-27-24-16-14-12-10-8-6-4-2/h17-18,40H,3-16,19-39,43H2,1-2H3,(H,46,47)/t40-/m1/s1. The van der Waals surface area contributed by atoms with E-state index in [0.717, 1.165) is 32.1 Å². The molecule has 0 spiro atoms. The second-order valence-electron chi connectivity index (χ2n) is 14.6. The van der Waals surface area contributed by atoms with Crippen molar-refractivity contribution in [3.8, 4) is 0 Å². The van der Waals surface area contributed by atoms with Crippen molar-refractivity contribution in [2.75, 3.05) is 26.4 Å². The molecule has 0 rings (SSSR count). The second kappa shape index (κ2) is 39.4. The number of phosphoric acid groups is 1. The van der Waals surface area contributed by atoms with Crippen molar-refractivity contribution in [1.29, 1.82) is 0 Å². The molecule has 0 aliphatic heterocycles. The van der Waals surface area contributed by atoms with Gasteiger partial charge in [0, 0.05) is 19.4 Å². The van der Waals surface area contributed by atoms with Crippen LogP contribution in [0.5, 0.6) is 0 Å². The summed E-state index contributed by atoms with van der Waals surface area (Å²) in [6.45, 7) is 3.74. The van der Waals surface area contributed by atoms with Crippen LogP contribution in [0.1, 0.15) is 213 Å². The molecular weight excluding hydrogens is 677 g/mol. The quantitative estimate of drug-likeness (QED) is 0.0270. The Kier molecular flexibility index (Phi) is 38.5. The molecule has 0 fully saturated rings. The summed E-state index contributed by atoms with van der Waals surface area (Å²) in [5.41, 5.74) is 5.34. The third kappa shape index (κ3) is 38.5. The fraction of sp³-hybridized carbons (Fsp3) is 0.905. The van der Waals surface area contributed by atoms with Crippen molar-refractivity contribution < 1.29 is 37.6 Å². The Morgan fingerprint density at radius 3 is 1.37 bits per heavy atom. The van der Waals surface area contributed by atoms with Crippen LogP contribution in [-0.2, 0) is 32.7 Å². The maximum absolute atomic E-state index is 12.5. The number of unbranched alkanes of at least 4 members (excludes halogenated alkanes) is 26. The van der Waals surface area contributed by atoms with Gasteiger partial charge in [-0.1, -0.05) is 174 Å². The van der Waals surface area contributed by atoms with Gasteiger partial charge in [-0.25, -0.2) is 4.57 Å². The van der Waals surface area contributed by atoms with Crippen molar-refractivity contribution in [2.45, 2.75) is 219 Å². The van der Waals surface area contributed by atoms with Crippen LogP contribution in [-0.4, -0.2) is 49.3 Å². The number of hydrogen-bond acceptors (Lipinski definition) is 8. The zero-order valence-electron chi connectivity index (χ0n) is 33.8. The van der Waals surface area contributed by atoms with Crippen molar-refractivity contribution in [3.63, 3.8) is 0 Å². The van der Waals surface area contributed by atoms with Gasteiger partial charge >= 0.3 is 19.8 Å². The van der Waals surface area contributed by atoms with Gasteiger partial charge in [0.05, 0.1) is 13.2 Å². The number of phosphoric ester groups is 1. The number of hydrogen-bond donors (Lipinski definition) is 2. The van der Waals surface area contributed by atoms with Gasteiger partial charge < -0.3 is 20.1 Å². The minimum atomic E-state index is -4.37. The first-order valence-electron chi connectivity index (χ1n) is 21.7. The molecule has 0 aromatic carbocycles. The summed E-state index contributed by atoms with van der Waals surface area (Å²) in [5, 5.41) is 0. The zero-order chi connectivity index (χ0) is 38.2. The summed E-state index contributed by atoms with van der Waals surface area (Å²) in [5.74, 6) is -0.822. The number of ether oxygens (including phenoxy) is 2. The summed E-state index contributed by atoms with van der Waals surface area (Å²) in [6.07, 6.45) is 39.5. The summed E-state index contributed by atoms with van der Waals surface area (Å²) in [6, 6.07) is 0. The van der Waals surface area contributed by atoms with Gasteiger partial charge in [-0.05, 0) is 38.5 Å². The molecule has 10 heteroatoms. The zero-order valence-corrected chi connectivity index (χ0v) is 34.7. The number of rotatable bonds is 41. The van der Waals surface area contributed by atoms with E-state index in [-0.39, 0.29) is 38.6 Å². The van der Waals surface area contributed by atoms with Crippen LogP contribution >= 0.6 is 7.82 Å². The van der Waals surface area contributed by atoms with E-state index < -0.39 is 26.5 Å². The van der Waals surface area contributed by atoms with E-state index in [4.69, 9.17) is 24.3 Å². The second-order valence-corrected chi connectivity index (χ2v) is 16.0. The molecule has 0 radical (unpaired) electrons. The van der Waals surface area contributed by atoms with Crippen molar-refractivity contribution in [3.05, 3.63) is 12.2 Å². The fourth-order valence-corrected chi connectivity index (χ4v) is 6.92. The third-order valence-corrected chi connectivity index (χ3v) is 10.4. The number of carbonyl (C=O) groups excluding carboxylic acids is 2. The lowest BCUT2D eigenvalue weighted by Crippen LogP contribution is -2.29. The first-order valence-corrected chi connectivity index (χ1v) is 23.2. The lowest BCUT2D eigenvalue weighted by atomic mass is 10.0.